The Labute approximate surface area is 108 Å². The van der Waals surface area contributed by atoms with E-state index in [0.717, 1.165) is 17.7 Å². The Bertz CT molecular complexity index is 494. The molecule has 0 amide bonds. The molecule has 3 nitrogen and oxygen atoms in total. The minimum Gasteiger partial charge on any atom is -0.320 e. The number of nitrogens with zero attached hydrogens (tertiary/aromatic N) is 2. The first-order valence-corrected chi connectivity index (χ1v) is 6.06. The fourth-order valence-electron chi connectivity index (χ4n) is 2.00. The van der Waals surface area contributed by atoms with Crippen molar-refractivity contribution in [3.63, 3.8) is 0 Å². The third-order valence-electron chi connectivity index (χ3n) is 2.85. The van der Waals surface area contributed by atoms with E-state index in [9.17, 15) is 0 Å². The summed E-state index contributed by atoms with van der Waals surface area (Å²) in [4.78, 5) is 6.26. The van der Waals surface area contributed by atoms with E-state index < -0.39 is 0 Å². The van der Waals surface area contributed by atoms with Crippen LogP contribution in [0.15, 0.2) is 48.8 Å². The summed E-state index contributed by atoms with van der Waals surface area (Å²) in [7, 11) is 4.13. The molecule has 0 spiro atoms. The van der Waals surface area contributed by atoms with Crippen LogP contribution < -0.4 is 5.73 Å². The van der Waals surface area contributed by atoms with Crippen molar-refractivity contribution < 1.29 is 0 Å². The van der Waals surface area contributed by atoms with Crippen LogP contribution in [0, 0.1) is 0 Å². The first-order valence-electron chi connectivity index (χ1n) is 6.06. The van der Waals surface area contributed by atoms with E-state index in [1.54, 1.807) is 6.20 Å². The van der Waals surface area contributed by atoms with Gasteiger partial charge >= 0.3 is 0 Å². The number of rotatable bonds is 4. The predicted molar refractivity (Wildman–Crippen MR) is 74.1 cm³/mol. The first-order chi connectivity index (χ1) is 8.66. The molecule has 18 heavy (non-hydrogen) atoms. The van der Waals surface area contributed by atoms with Gasteiger partial charge in [-0.25, -0.2) is 0 Å². The van der Waals surface area contributed by atoms with Crippen molar-refractivity contribution in [2.24, 2.45) is 5.73 Å². The van der Waals surface area contributed by atoms with Crippen LogP contribution >= 0.6 is 0 Å². The van der Waals surface area contributed by atoms with E-state index in [2.05, 4.69) is 48.2 Å². The molecule has 1 aromatic heterocycles. The number of hydrogen-bond donors (Lipinski definition) is 1. The highest BCUT2D eigenvalue weighted by molar-refractivity contribution is 5.32. The fourth-order valence-corrected chi connectivity index (χ4v) is 2.00. The van der Waals surface area contributed by atoms with Crippen LogP contribution in [0.25, 0.3) is 0 Å². The monoisotopic (exact) mass is 241 g/mol. The number of aromatic nitrogens is 1. The zero-order chi connectivity index (χ0) is 13.0. The molecule has 2 aromatic rings. The zero-order valence-electron chi connectivity index (χ0n) is 10.9. The van der Waals surface area contributed by atoms with E-state index in [1.807, 2.05) is 18.3 Å². The van der Waals surface area contributed by atoms with Crippen molar-refractivity contribution in [3.05, 3.63) is 65.5 Å². The molecule has 0 bridgehead atoms. The molecule has 0 radical (unpaired) electrons. The fraction of sp³-hybridized carbons (Fsp3) is 0.267. The standard InChI is InChI=1S/C15H19N3/c1-18(2)11-12-5-3-6-13(9-12)15(16)14-7-4-8-17-10-14/h3-10,15H,11,16H2,1-2H3. The molecule has 1 heterocycles. The van der Waals surface area contributed by atoms with E-state index in [0.29, 0.717) is 0 Å². The second kappa shape index (κ2) is 5.76. The summed E-state index contributed by atoms with van der Waals surface area (Å²) in [5, 5.41) is 0. The van der Waals surface area contributed by atoms with Crippen LogP contribution in [0.5, 0.6) is 0 Å². The van der Waals surface area contributed by atoms with E-state index in [4.69, 9.17) is 5.73 Å². The van der Waals surface area contributed by atoms with Gasteiger partial charge in [0.1, 0.15) is 0 Å². The molecule has 2 N–H and O–H groups in total. The lowest BCUT2D eigenvalue weighted by Crippen LogP contribution is -2.14. The topological polar surface area (TPSA) is 42.1 Å². The van der Waals surface area contributed by atoms with E-state index >= 15 is 0 Å². The molecule has 0 saturated carbocycles. The average Bonchev–Trinajstić information content (AvgIpc) is 2.38. The predicted octanol–water partition coefficient (Wildman–Crippen LogP) is 2.19. The normalized spacial score (nSPS) is 12.7. The quantitative estimate of drug-likeness (QED) is 0.892. The summed E-state index contributed by atoms with van der Waals surface area (Å²) in [6.45, 7) is 0.924. The Morgan fingerprint density at radius 3 is 2.61 bits per heavy atom. The molecule has 0 fully saturated rings. The zero-order valence-corrected chi connectivity index (χ0v) is 10.9. The highest BCUT2D eigenvalue weighted by atomic mass is 15.0. The maximum atomic E-state index is 6.26. The number of nitrogens with two attached hydrogens (primary N) is 1. The van der Waals surface area contributed by atoms with Gasteiger partial charge in [-0.2, -0.15) is 0 Å². The van der Waals surface area contributed by atoms with Crippen molar-refractivity contribution in [2.45, 2.75) is 12.6 Å². The summed E-state index contributed by atoms with van der Waals surface area (Å²) in [6, 6.07) is 12.2. The summed E-state index contributed by atoms with van der Waals surface area (Å²) in [6.07, 6.45) is 3.59. The highest BCUT2D eigenvalue weighted by Crippen LogP contribution is 2.19. The lowest BCUT2D eigenvalue weighted by molar-refractivity contribution is 0.402. The number of pyridine rings is 1. The third-order valence-corrected chi connectivity index (χ3v) is 2.85. The molecule has 0 aliphatic rings. The lowest BCUT2D eigenvalue weighted by atomic mass is 9.99. The van der Waals surface area contributed by atoms with Crippen molar-refractivity contribution in [3.8, 4) is 0 Å². The molecule has 3 heteroatoms. The molecule has 1 atom stereocenters. The molecule has 0 saturated heterocycles. The van der Waals surface area contributed by atoms with Crippen molar-refractivity contribution in [1.82, 2.24) is 9.88 Å². The van der Waals surface area contributed by atoms with Gasteiger partial charge < -0.3 is 10.6 Å². The van der Waals surface area contributed by atoms with Gasteiger partial charge in [-0.15, -0.1) is 0 Å². The molecule has 94 valence electrons. The third kappa shape index (κ3) is 3.15. The summed E-state index contributed by atoms with van der Waals surface area (Å²) >= 11 is 0. The van der Waals surface area contributed by atoms with Crippen molar-refractivity contribution in [2.75, 3.05) is 14.1 Å². The smallest absolute Gasteiger partial charge is 0.0567 e. The Morgan fingerprint density at radius 2 is 1.94 bits per heavy atom. The molecule has 1 unspecified atom stereocenters. The van der Waals surface area contributed by atoms with Crippen LogP contribution in [0.3, 0.4) is 0 Å². The van der Waals surface area contributed by atoms with E-state index in [1.165, 1.54) is 5.56 Å². The molecule has 2 rings (SSSR count). The summed E-state index contributed by atoms with van der Waals surface area (Å²) in [5.74, 6) is 0. The van der Waals surface area contributed by atoms with Gasteiger partial charge in [-0.1, -0.05) is 30.3 Å². The average molecular weight is 241 g/mol. The number of hydrogen-bond acceptors (Lipinski definition) is 3. The molecule has 0 aliphatic carbocycles. The van der Waals surface area contributed by atoms with Crippen LogP contribution in [0.1, 0.15) is 22.7 Å². The largest absolute Gasteiger partial charge is 0.320 e. The molecular weight excluding hydrogens is 222 g/mol. The van der Waals surface area contributed by atoms with Gasteiger partial charge in [-0.3, -0.25) is 4.98 Å². The Hall–Kier alpha value is -1.71. The van der Waals surface area contributed by atoms with Gasteiger partial charge in [0.05, 0.1) is 6.04 Å². The maximum absolute atomic E-state index is 6.26. The van der Waals surface area contributed by atoms with Crippen LogP contribution in [0.2, 0.25) is 0 Å². The minimum absolute atomic E-state index is 0.110. The van der Waals surface area contributed by atoms with Gasteiger partial charge in [0.15, 0.2) is 0 Å². The van der Waals surface area contributed by atoms with E-state index in [-0.39, 0.29) is 6.04 Å². The lowest BCUT2D eigenvalue weighted by Gasteiger charge is -2.15. The summed E-state index contributed by atoms with van der Waals surface area (Å²) in [5.41, 5.74) is 9.71. The highest BCUT2D eigenvalue weighted by Gasteiger charge is 2.09. The van der Waals surface area contributed by atoms with Crippen LogP contribution in [-0.4, -0.2) is 24.0 Å². The second-order valence-corrected chi connectivity index (χ2v) is 4.75. The Kier molecular flexibility index (Phi) is 4.07. The number of benzene rings is 1. The molecular formula is C15H19N3. The summed E-state index contributed by atoms with van der Waals surface area (Å²) < 4.78 is 0. The molecule has 1 aromatic carbocycles. The maximum Gasteiger partial charge on any atom is 0.0567 e. The Morgan fingerprint density at radius 1 is 1.17 bits per heavy atom. The van der Waals surface area contributed by atoms with Gasteiger partial charge in [-0.05, 0) is 36.9 Å². The van der Waals surface area contributed by atoms with Crippen molar-refractivity contribution >= 4 is 0 Å². The van der Waals surface area contributed by atoms with Gasteiger partial charge in [0.25, 0.3) is 0 Å². The van der Waals surface area contributed by atoms with Crippen LogP contribution in [0.4, 0.5) is 0 Å². The minimum atomic E-state index is -0.110. The van der Waals surface area contributed by atoms with Crippen LogP contribution in [-0.2, 0) is 6.54 Å². The first kappa shape index (κ1) is 12.7. The SMILES string of the molecule is CN(C)Cc1cccc(C(N)c2cccnc2)c1. The van der Waals surface area contributed by atoms with Gasteiger partial charge in [0.2, 0.25) is 0 Å². The van der Waals surface area contributed by atoms with Crippen molar-refractivity contribution in [1.29, 1.82) is 0 Å². The van der Waals surface area contributed by atoms with Gasteiger partial charge in [0, 0.05) is 18.9 Å². The second-order valence-electron chi connectivity index (χ2n) is 4.75. The molecule has 0 aliphatic heterocycles. The Balaban J connectivity index is 2.23.